The summed E-state index contributed by atoms with van der Waals surface area (Å²) in [4.78, 5) is 23.2. The monoisotopic (exact) mass is 256 g/mol. The van der Waals surface area contributed by atoms with E-state index in [1.165, 1.54) is 26.3 Å². The van der Waals surface area contributed by atoms with E-state index in [9.17, 15) is 14.0 Å². The van der Waals surface area contributed by atoms with Gasteiger partial charge in [-0.1, -0.05) is 0 Å². The first kappa shape index (κ1) is 13.9. The largest absolute Gasteiger partial charge is 0.494 e. The summed E-state index contributed by atoms with van der Waals surface area (Å²) in [6.07, 6.45) is 0. The standard InChI is InChI=1S/C11H13FN2O4/c1-14(10(15)9(13)11(16)17)6-3-4-8(18-2)7(12)5-6/h3-5,9H,13H2,1-2H3,(H,16,17). The van der Waals surface area contributed by atoms with Crippen LogP contribution in [0.3, 0.4) is 0 Å². The first-order valence-electron chi connectivity index (χ1n) is 4.98. The summed E-state index contributed by atoms with van der Waals surface area (Å²) >= 11 is 0. The molecule has 0 aliphatic carbocycles. The number of benzene rings is 1. The lowest BCUT2D eigenvalue weighted by atomic mass is 10.2. The number of hydrogen-bond acceptors (Lipinski definition) is 4. The molecule has 1 aromatic rings. The number of halogens is 1. The van der Waals surface area contributed by atoms with Gasteiger partial charge in [-0.25, -0.2) is 9.18 Å². The van der Waals surface area contributed by atoms with Crippen LogP contribution in [0.1, 0.15) is 0 Å². The smallest absolute Gasteiger partial charge is 0.330 e. The molecule has 6 nitrogen and oxygen atoms in total. The Morgan fingerprint density at radius 2 is 2.11 bits per heavy atom. The minimum absolute atomic E-state index is 0.0298. The molecule has 3 N–H and O–H groups in total. The number of ether oxygens (including phenoxy) is 1. The van der Waals surface area contributed by atoms with Crippen LogP contribution < -0.4 is 15.4 Å². The fourth-order valence-corrected chi connectivity index (χ4v) is 1.31. The van der Waals surface area contributed by atoms with E-state index in [1.54, 1.807) is 0 Å². The van der Waals surface area contributed by atoms with Crippen molar-refractivity contribution in [3.8, 4) is 5.75 Å². The van der Waals surface area contributed by atoms with Crippen LogP contribution in [0.5, 0.6) is 5.75 Å². The van der Waals surface area contributed by atoms with E-state index in [0.29, 0.717) is 0 Å². The Kier molecular flexibility index (Phi) is 4.22. The summed E-state index contributed by atoms with van der Waals surface area (Å²) in [5.41, 5.74) is 5.37. The quantitative estimate of drug-likeness (QED) is 0.751. The van der Waals surface area contributed by atoms with Gasteiger partial charge in [-0.05, 0) is 12.1 Å². The highest BCUT2D eigenvalue weighted by molar-refractivity contribution is 6.08. The van der Waals surface area contributed by atoms with Crippen LogP contribution in [0.25, 0.3) is 0 Å². The first-order valence-corrected chi connectivity index (χ1v) is 4.98. The van der Waals surface area contributed by atoms with Gasteiger partial charge in [0.2, 0.25) is 0 Å². The highest BCUT2D eigenvalue weighted by Crippen LogP contribution is 2.23. The molecule has 1 aromatic carbocycles. The molecule has 1 rings (SSSR count). The molecule has 0 saturated carbocycles. The second-order valence-corrected chi connectivity index (χ2v) is 3.53. The Bertz CT molecular complexity index is 478. The number of methoxy groups -OCH3 is 1. The lowest BCUT2D eigenvalue weighted by Crippen LogP contribution is -2.46. The molecule has 0 heterocycles. The van der Waals surface area contributed by atoms with Gasteiger partial charge in [0.05, 0.1) is 7.11 Å². The molecule has 0 fully saturated rings. The highest BCUT2D eigenvalue weighted by Gasteiger charge is 2.25. The van der Waals surface area contributed by atoms with E-state index in [4.69, 9.17) is 15.6 Å². The maximum atomic E-state index is 13.4. The van der Waals surface area contributed by atoms with E-state index in [2.05, 4.69) is 0 Å². The van der Waals surface area contributed by atoms with Gasteiger partial charge in [-0.3, -0.25) is 4.79 Å². The summed E-state index contributed by atoms with van der Waals surface area (Å²) in [5.74, 6) is -2.91. The molecular weight excluding hydrogens is 243 g/mol. The molecule has 0 radical (unpaired) electrons. The molecule has 0 aliphatic rings. The van der Waals surface area contributed by atoms with Crippen LogP contribution in [-0.2, 0) is 9.59 Å². The Balaban J connectivity index is 2.97. The molecule has 0 spiro atoms. The molecule has 1 unspecified atom stereocenters. The second kappa shape index (κ2) is 5.46. The molecule has 7 heteroatoms. The van der Waals surface area contributed by atoms with Gasteiger partial charge in [-0.15, -0.1) is 0 Å². The molecule has 18 heavy (non-hydrogen) atoms. The van der Waals surface area contributed by atoms with Crippen LogP contribution >= 0.6 is 0 Å². The van der Waals surface area contributed by atoms with Crippen molar-refractivity contribution in [2.24, 2.45) is 5.73 Å². The maximum Gasteiger partial charge on any atom is 0.330 e. The predicted octanol–water partition coefficient (Wildman–Crippen LogP) is 0.209. The topological polar surface area (TPSA) is 92.9 Å². The number of hydrogen-bond donors (Lipinski definition) is 2. The van der Waals surface area contributed by atoms with Crippen molar-refractivity contribution in [1.29, 1.82) is 0 Å². The number of aliphatic carboxylic acids is 1. The van der Waals surface area contributed by atoms with Gasteiger partial charge in [-0.2, -0.15) is 0 Å². The van der Waals surface area contributed by atoms with E-state index in [1.807, 2.05) is 0 Å². The van der Waals surface area contributed by atoms with Crippen molar-refractivity contribution >= 4 is 17.6 Å². The number of nitrogens with zero attached hydrogens (tertiary/aromatic N) is 1. The van der Waals surface area contributed by atoms with Crippen molar-refractivity contribution in [2.45, 2.75) is 6.04 Å². The predicted molar refractivity (Wildman–Crippen MR) is 62.0 cm³/mol. The number of nitrogens with two attached hydrogens (primary N) is 1. The van der Waals surface area contributed by atoms with E-state index < -0.39 is 23.7 Å². The van der Waals surface area contributed by atoms with Crippen molar-refractivity contribution in [3.63, 3.8) is 0 Å². The van der Waals surface area contributed by atoms with Crippen molar-refractivity contribution in [3.05, 3.63) is 24.0 Å². The van der Waals surface area contributed by atoms with Gasteiger partial charge < -0.3 is 20.5 Å². The number of rotatable bonds is 4. The maximum absolute atomic E-state index is 13.4. The van der Waals surface area contributed by atoms with Crippen molar-refractivity contribution < 1.29 is 23.8 Å². The molecule has 1 amide bonds. The average Bonchev–Trinajstić information content (AvgIpc) is 2.35. The minimum Gasteiger partial charge on any atom is -0.494 e. The molecule has 0 aliphatic heterocycles. The molecule has 0 bridgehead atoms. The zero-order valence-corrected chi connectivity index (χ0v) is 9.88. The van der Waals surface area contributed by atoms with Gasteiger partial charge in [0.15, 0.2) is 17.6 Å². The van der Waals surface area contributed by atoms with Crippen molar-refractivity contribution in [2.75, 3.05) is 19.1 Å². The van der Waals surface area contributed by atoms with E-state index in [-0.39, 0.29) is 11.4 Å². The third-order valence-electron chi connectivity index (χ3n) is 2.39. The van der Waals surface area contributed by atoms with Gasteiger partial charge >= 0.3 is 5.97 Å². The van der Waals surface area contributed by atoms with Crippen LogP contribution in [0.15, 0.2) is 18.2 Å². The SMILES string of the molecule is COc1ccc(N(C)C(=O)C(N)C(=O)O)cc1F. The zero-order valence-electron chi connectivity index (χ0n) is 9.88. The fraction of sp³-hybridized carbons (Fsp3) is 0.273. The number of likely N-dealkylation sites (N-methyl/N-ethyl adjacent to an activating group) is 1. The number of carbonyl (C=O) groups excluding carboxylic acids is 1. The summed E-state index contributed by atoms with van der Waals surface area (Å²) in [6, 6.07) is 2.14. The Labute approximate surface area is 103 Å². The summed E-state index contributed by atoms with van der Waals surface area (Å²) in [5, 5.41) is 8.62. The molecule has 0 saturated heterocycles. The normalized spacial score (nSPS) is 11.8. The molecule has 1 atom stereocenters. The lowest BCUT2D eigenvalue weighted by Gasteiger charge is -2.19. The zero-order chi connectivity index (χ0) is 13.9. The Morgan fingerprint density at radius 1 is 1.50 bits per heavy atom. The fourth-order valence-electron chi connectivity index (χ4n) is 1.31. The molecule has 0 aromatic heterocycles. The Morgan fingerprint density at radius 3 is 2.56 bits per heavy atom. The summed E-state index contributed by atoms with van der Waals surface area (Å²) in [6.45, 7) is 0. The van der Waals surface area contributed by atoms with Gasteiger partial charge in [0, 0.05) is 18.8 Å². The Hall–Kier alpha value is -2.15. The average molecular weight is 256 g/mol. The van der Waals surface area contributed by atoms with Crippen LogP contribution in [0, 0.1) is 5.82 Å². The van der Waals surface area contributed by atoms with Gasteiger partial charge in [0.1, 0.15) is 0 Å². The minimum atomic E-state index is -1.68. The summed E-state index contributed by atoms with van der Waals surface area (Å²) < 4.78 is 18.2. The van der Waals surface area contributed by atoms with Crippen molar-refractivity contribution in [1.82, 2.24) is 0 Å². The number of amides is 1. The number of carboxylic acids is 1. The summed E-state index contributed by atoms with van der Waals surface area (Å²) in [7, 11) is 2.62. The van der Waals surface area contributed by atoms with Crippen LogP contribution in [0.2, 0.25) is 0 Å². The third-order valence-corrected chi connectivity index (χ3v) is 2.39. The van der Waals surface area contributed by atoms with E-state index >= 15 is 0 Å². The molecular formula is C11H13FN2O4. The number of anilines is 1. The second-order valence-electron chi connectivity index (χ2n) is 3.53. The van der Waals surface area contributed by atoms with Gasteiger partial charge in [0.25, 0.3) is 5.91 Å². The highest BCUT2D eigenvalue weighted by atomic mass is 19.1. The first-order chi connectivity index (χ1) is 8.38. The molecule has 98 valence electrons. The van der Waals surface area contributed by atoms with Crippen LogP contribution in [-0.4, -0.2) is 37.2 Å². The number of carboxylic acid groups (broad SMARTS) is 1. The van der Waals surface area contributed by atoms with Crippen LogP contribution in [0.4, 0.5) is 10.1 Å². The third kappa shape index (κ3) is 2.75. The van der Waals surface area contributed by atoms with E-state index in [0.717, 1.165) is 11.0 Å². The lowest BCUT2D eigenvalue weighted by molar-refractivity contribution is -0.142. The number of carbonyl (C=O) groups is 2.